The van der Waals surface area contributed by atoms with E-state index in [1.807, 2.05) is 48.5 Å². The zero-order chi connectivity index (χ0) is 30.7. The Bertz CT molecular complexity index is 1880. The molecular weight excluding hydrogens is 584 g/mol. The minimum Gasteiger partial charge on any atom is -0.494 e. The molecule has 3 aliphatic carbocycles. The summed E-state index contributed by atoms with van der Waals surface area (Å²) in [5.41, 5.74) is 5.01. The number of anilines is 1. The van der Waals surface area contributed by atoms with Crippen LogP contribution in [-0.4, -0.2) is 36.0 Å². The first-order chi connectivity index (χ1) is 21.3. The topological polar surface area (TPSA) is 131 Å². The molecule has 44 heavy (non-hydrogen) atoms. The van der Waals surface area contributed by atoms with Crippen molar-refractivity contribution in [3.05, 3.63) is 134 Å². The van der Waals surface area contributed by atoms with Gasteiger partial charge in [0.15, 0.2) is 0 Å². The lowest BCUT2D eigenvalue weighted by molar-refractivity contribution is -0.384. The first-order valence-corrected chi connectivity index (χ1v) is 14.1. The maximum Gasteiger partial charge on any atom is 0.273 e. The highest BCUT2D eigenvalue weighted by atomic mass is 35.5. The molecule has 0 spiro atoms. The number of imide groups is 1. The largest absolute Gasteiger partial charge is 0.494 e. The van der Waals surface area contributed by atoms with Gasteiger partial charge in [0.1, 0.15) is 5.75 Å². The lowest BCUT2D eigenvalue weighted by Crippen LogP contribution is -2.54. The standard InChI is InChI=1S/C33H23ClN4O6/c1-44-26-16-20(38(42)43)14-15-25(26)37-31(40)28-27-21-6-2-4-8-23(21)33(29(28)32(37)41,24-9-5-3-7-22(24)27)17-35-36-30(39)18-10-12-19(34)13-11-18/h2-17,27-29H,1H3,(H,36,39)/b35-17+/t27?,28-,29+,33?/m0/s1. The fraction of sp³-hybridized carbons (Fsp3) is 0.152. The van der Waals surface area contributed by atoms with Crippen molar-refractivity contribution in [3.63, 3.8) is 0 Å². The number of nitro groups is 1. The fourth-order valence-electron chi connectivity index (χ4n) is 7.11. The first-order valence-electron chi connectivity index (χ1n) is 13.8. The molecule has 1 aliphatic heterocycles. The van der Waals surface area contributed by atoms with Crippen LogP contribution in [0.4, 0.5) is 11.4 Å². The van der Waals surface area contributed by atoms with E-state index < -0.39 is 45.8 Å². The van der Waals surface area contributed by atoms with Gasteiger partial charge in [-0.05, 0) is 52.6 Å². The Labute approximate surface area is 256 Å². The average Bonchev–Trinajstić information content (AvgIpc) is 3.31. The Morgan fingerprint density at radius 3 is 2.23 bits per heavy atom. The molecule has 4 aliphatic rings. The summed E-state index contributed by atoms with van der Waals surface area (Å²) in [5.74, 6) is -3.51. The molecule has 1 fully saturated rings. The third-order valence-electron chi connectivity index (χ3n) is 8.84. The van der Waals surface area contributed by atoms with Crippen molar-refractivity contribution >= 4 is 46.9 Å². The lowest BCUT2D eigenvalue weighted by Gasteiger charge is -2.52. The molecule has 2 bridgehead atoms. The molecular formula is C33H23ClN4O6. The van der Waals surface area contributed by atoms with Crippen molar-refractivity contribution in [1.82, 2.24) is 5.43 Å². The van der Waals surface area contributed by atoms with Gasteiger partial charge in [0.25, 0.3) is 11.6 Å². The Kier molecular flexibility index (Phi) is 6.33. The number of carbonyl (C=O) groups excluding carboxylic acids is 3. The van der Waals surface area contributed by atoms with Crippen LogP contribution in [0.25, 0.3) is 0 Å². The smallest absolute Gasteiger partial charge is 0.273 e. The molecule has 11 heteroatoms. The number of methoxy groups -OCH3 is 1. The number of hydrogen-bond acceptors (Lipinski definition) is 7. The molecule has 1 saturated heterocycles. The van der Waals surface area contributed by atoms with Gasteiger partial charge in [0.05, 0.1) is 41.0 Å². The fourth-order valence-corrected chi connectivity index (χ4v) is 7.24. The Morgan fingerprint density at radius 2 is 1.61 bits per heavy atom. The second kappa shape index (κ2) is 10.1. The first kappa shape index (κ1) is 27.5. The molecule has 0 aromatic heterocycles. The highest BCUT2D eigenvalue weighted by molar-refractivity contribution is 6.30. The van der Waals surface area contributed by atoms with E-state index in [2.05, 4.69) is 10.5 Å². The summed E-state index contributed by atoms with van der Waals surface area (Å²) in [5, 5.41) is 16.3. The highest BCUT2D eigenvalue weighted by Crippen LogP contribution is 2.64. The number of ether oxygens (including phenoxy) is 1. The van der Waals surface area contributed by atoms with E-state index in [0.29, 0.717) is 10.6 Å². The number of nitro benzene ring substituents is 1. The number of nitrogens with one attached hydrogen (secondary N) is 1. The van der Waals surface area contributed by atoms with Gasteiger partial charge in [-0.25, -0.2) is 10.3 Å². The van der Waals surface area contributed by atoms with Crippen molar-refractivity contribution < 1.29 is 24.0 Å². The Hall–Kier alpha value is -5.35. The molecule has 0 unspecified atom stereocenters. The van der Waals surface area contributed by atoms with Crippen LogP contribution in [-0.2, 0) is 15.0 Å². The van der Waals surface area contributed by atoms with Crippen LogP contribution >= 0.6 is 11.6 Å². The summed E-state index contributed by atoms with van der Waals surface area (Å²) in [6.07, 6.45) is 1.56. The van der Waals surface area contributed by atoms with E-state index in [4.69, 9.17) is 16.3 Å². The van der Waals surface area contributed by atoms with Gasteiger partial charge in [0.2, 0.25) is 11.8 Å². The van der Waals surface area contributed by atoms with E-state index in [0.717, 1.165) is 27.2 Å². The summed E-state index contributed by atoms with van der Waals surface area (Å²) in [7, 11) is 1.33. The molecule has 10 nitrogen and oxygen atoms in total. The number of amides is 3. The number of carbonyl (C=O) groups is 3. The van der Waals surface area contributed by atoms with Crippen LogP contribution in [0.1, 0.15) is 38.5 Å². The van der Waals surface area contributed by atoms with Gasteiger partial charge in [-0.1, -0.05) is 60.1 Å². The van der Waals surface area contributed by atoms with Gasteiger partial charge >= 0.3 is 0 Å². The summed E-state index contributed by atoms with van der Waals surface area (Å²) in [4.78, 5) is 53.8. The molecule has 1 N–H and O–H groups in total. The van der Waals surface area contributed by atoms with E-state index in [1.165, 1.54) is 25.3 Å². The van der Waals surface area contributed by atoms with Crippen LogP contribution in [0.5, 0.6) is 5.75 Å². The number of hydrazone groups is 1. The lowest BCUT2D eigenvalue weighted by atomic mass is 9.47. The number of nitrogens with zero attached hydrogens (tertiary/aromatic N) is 3. The molecule has 0 radical (unpaired) electrons. The number of halogens is 1. The van der Waals surface area contributed by atoms with E-state index in [-0.39, 0.29) is 17.1 Å². The second-order valence-corrected chi connectivity index (χ2v) is 11.3. The van der Waals surface area contributed by atoms with Crippen LogP contribution in [0.15, 0.2) is 96.1 Å². The summed E-state index contributed by atoms with van der Waals surface area (Å²) in [6.45, 7) is 0. The number of benzene rings is 4. The van der Waals surface area contributed by atoms with Crippen LogP contribution in [0.2, 0.25) is 5.02 Å². The predicted molar refractivity (Wildman–Crippen MR) is 162 cm³/mol. The zero-order valence-electron chi connectivity index (χ0n) is 23.1. The predicted octanol–water partition coefficient (Wildman–Crippen LogP) is 5.22. The Balaban J connectivity index is 1.39. The number of hydrogen-bond donors (Lipinski definition) is 1. The summed E-state index contributed by atoms with van der Waals surface area (Å²) < 4.78 is 5.42. The maximum absolute atomic E-state index is 14.6. The highest BCUT2D eigenvalue weighted by Gasteiger charge is 2.68. The minimum atomic E-state index is -1.21. The summed E-state index contributed by atoms with van der Waals surface area (Å²) in [6, 6.07) is 25.4. The number of rotatable bonds is 6. The molecule has 1 heterocycles. The zero-order valence-corrected chi connectivity index (χ0v) is 23.9. The van der Waals surface area contributed by atoms with Gasteiger partial charge in [0, 0.05) is 28.8 Å². The van der Waals surface area contributed by atoms with E-state index >= 15 is 0 Å². The minimum absolute atomic E-state index is 0.0277. The SMILES string of the molecule is COc1cc([N+](=O)[O-])ccc1N1C(=O)[C@H]2C3c4ccccc4C(/C=N/NC(=O)c4ccc(Cl)cc4)(c4ccccc43)[C@H]2C1=O. The molecule has 2 atom stereocenters. The molecule has 4 aromatic rings. The van der Waals surface area contributed by atoms with Crippen molar-refractivity contribution in [1.29, 1.82) is 0 Å². The van der Waals surface area contributed by atoms with Crippen molar-refractivity contribution in [2.45, 2.75) is 11.3 Å². The van der Waals surface area contributed by atoms with Crippen molar-refractivity contribution in [2.75, 3.05) is 12.0 Å². The normalized spacial score (nSPS) is 22.9. The van der Waals surface area contributed by atoms with Crippen molar-refractivity contribution in [2.24, 2.45) is 16.9 Å². The van der Waals surface area contributed by atoms with Crippen molar-refractivity contribution in [3.8, 4) is 5.75 Å². The maximum atomic E-state index is 14.6. The monoisotopic (exact) mass is 606 g/mol. The third kappa shape index (κ3) is 3.80. The molecule has 3 amide bonds. The number of non-ortho nitro benzene ring substituents is 1. The molecule has 218 valence electrons. The van der Waals surface area contributed by atoms with Crippen LogP contribution in [0.3, 0.4) is 0 Å². The molecule has 8 rings (SSSR count). The molecule has 4 aromatic carbocycles. The quantitative estimate of drug-likeness (QED) is 0.138. The van der Waals surface area contributed by atoms with Crippen LogP contribution in [0, 0.1) is 22.0 Å². The molecule has 0 saturated carbocycles. The van der Waals surface area contributed by atoms with Gasteiger partial charge in [-0.2, -0.15) is 5.10 Å². The third-order valence-corrected chi connectivity index (χ3v) is 9.09. The van der Waals surface area contributed by atoms with Crippen LogP contribution < -0.4 is 15.1 Å². The van der Waals surface area contributed by atoms with Gasteiger partial charge < -0.3 is 4.74 Å². The van der Waals surface area contributed by atoms with E-state index in [1.54, 1.807) is 30.5 Å². The average molecular weight is 607 g/mol. The van der Waals surface area contributed by atoms with E-state index in [9.17, 15) is 24.5 Å². The Morgan fingerprint density at radius 1 is 0.977 bits per heavy atom. The summed E-state index contributed by atoms with van der Waals surface area (Å²) >= 11 is 5.97. The second-order valence-electron chi connectivity index (χ2n) is 10.9. The van der Waals surface area contributed by atoms with Gasteiger partial charge in [-0.3, -0.25) is 24.5 Å². The van der Waals surface area contributed by atoms with Gasteiger partial charge in [-0.15, -0.1) is 0 Å².